The summed E-state index contributed by atoms with van der Waals surface area (Å²) in [5.41, 5.74) is 0.427. The Morgan fingerprint density at radius 1 is 1.17 bits per heavy atom. The number of benzene rings is 1. The molecule has 2 aliphatic rings. The topological polar surface area (TPSA) is 68.5 Å². The molecule has 0 bridgehead atoms. The van der Waals surface area contributed by atoms with Crippen LogP contribution < -0.4 is 10.7 Å². The smallest absolute Gasteiger partial charge is 0.287 e. The van der Waals surface area contributed by atoms with Crippen molar-refractivity contribution in [2.75, 3.05) is 13.2 Å². The standard InChI is InChI=1S/C18H19NO4/c20-13-11-15(23-14-4-2-1-3-12(13)14)17(21)19-16-5-6-18(16)7-9-22-10-8-18/h1-4,11,16H,5-10H2,(H,19,21). The molecule has 5 heteroatoms. The number of nitrogens with one attached hydrogen (secondary N) is 1. The van der Waals surface area contributed by atoms with Gasteiger partial charge in [0.25, 0.3) is 5.91 Å². The van der Waals surface area contributed by atoms with E-state index in [9.17, 15) is 9.59 Å². The van der Waals surface area contributed by atoms with E-state index in [1.807, 2.05) is 0 Å². The summed E-state index contributed by atoms with van der Waals surface area (Å²) < 4.78 is 11.0. The molecule has 1 spiro atoms. The van der Waals surface area contributed by atoms with Gasteiger partial charge >= 0.3 is 0 Å². The number of fused-ring (bicyclic) bond motifs is 1. The molecule has 1 saturated carbocycles. The number of amides is 1. The summed E-state index contributed by atoms with van der Waals surface area (Å²) in [6, 6.07) is 8.41. The summed E-state index contributed by atoms with van der Waals surface area (Å²) in [7, 11) is 0. The maximum atomic E-state index is 12.5. The lowest BCUT2D eigenvalue weighted by molar-refractivity contribution is -0.0524. The van der Waals surface area contributed by atoms with Gasteiger partial charge in [-0.15, -0.1) is 0 Å². The van der Waals surface area contributed by atoms with Crippen LogP contribution in [0.2, 0.25) is 0 Å². The Hall–Kier alpha value is -2.14. The number of ether oxygens (including phenoxy) is 1. The average Bonchev–Trinajstić information content (AvgIpc) is 2.59. The molecule has 1 aliphatic heterocycles. The molecule has 1 aromatic heterocycles. The van der Waals surface area contributed by atoms with Crippen LogP contribution in [0.4, 0.5) is 0 Å². The van der Waals surface area contributed by atoms with Crippen LogP contribution in [0.1, 0.15) is 36.2 Å². The molecule has 5 nitrogen and oxygen atoms in total. The first-order valence-corrected chi connectivity index (χ1v) is 8.09. The highest BCUT2D eigenvalue weighted by Gasteiger charge is 2.48. The molecule has 1 saturated heterocycles. The van der Waals surface area contributed by atoms with Crippen LogP contribution in [0, 0.1) is 5.41 Å². The summed E-state index contributed by atoms with van der Waals surface area (Å²) in [4.78, 5) is 24.6. The molecule has 1 aliphatic carbocycles. The van der Waals surface area contributed by atoms with E-state index in [2.05, 4.69) is 5.32 Å². The molecular formula is C18H19NO4. The van der Waals surface area contributed by atoms with Crippen LogP contribution in [-0.2, 0) is 4.74 Å². The summed E-state index contributed by atoms with van der Waals surface area (Å²) in [6.07, 6.45) is 4.08. The SMILES string of the molecule is O=C(NC1CCC12CCOCC2)c1cc(=O)c2ccccc2o1. The van der Waals surface area contributed by atoms with Gasteiger partial charge in [0.05, 0.1) is 5.39 Å². The van der Waals surface area contributed by atoms with Gasteiger partial charge in [0.1, 0.15) is 5.58 Å². The van der Waals surface area contributed by atoms with Crippen molar-refractivity contribution in [3.8, 4) is 0 Å². The molecule has 4 rings (SSSR count). The fourth-order valence-corrected chi connectivity index (χ4v) is 3.74. The minimum Gasteiger partial charge on any atom is -0.451 e. The predicted molar refractivity (Wildman–Crippen MR) is 85.5 cm³/mol. The van der Waals surface area contributed by atoms with E-state index in [-0.39, 0.29) is 28.6 Å². The lowest BCUT2D eigenvalue weighted by atomic mass is 9.60. The molecule has 2 heterocycles. The Bertz CT molecular complexity index is 804. The Balaban J connectivity index is 1.56. The number of carbonyl (C=O) groups is 1. The third-order valence-corrected chi connectivity index (χ3v) is 5.32. The second-order valence-electron chi connectivity index (χ2n) is 6.51. The third kappa shape index (κ3) is 2.45. The Morgan fingerprint density at radius 2 is 1.96 bits per heavy atom. The average molecular weight is 313 g/mol. The third-order valence-electron chi connectivity index (χ3n) is 5.32. The van der Waals surface area contributed by atoms with Crippen molar-refractivity contribution in [3.05, 3.63) is 46.3 Å². The summed E-state index contributed by atoms with van der Waals surface area (Å²) in [5, 5.41) is 3.55. The van der Waals surface area contributed by atoms with Gasteiger partial charge in [0.15, 0.2) is 11.2 Å². The Labute approximate surface area is 133 Å². The van der Waals surface area contributed by atoms with Crippen molar-refractivity contribution in [2.45, 2.75) is 31.7 Å². The molecule has 120 valence electrons. The van der Waals surface area contributed by atoms with Crippen molar-refractivity contribution in [3.63, 3.8) is 0 Å². The van der Waals surface area contributed by atoms with Gasteiger partial charge in [-0.1, -0.05) is 12.1 Å². The first-order chi connectivity index (χ1) is 11.2. The maximum absolute atomic E-state index is 12.5. The zero-order valence-corrected chi connectivity index (χ0v) is 12.8. The first kappa shape index (κ1) is 14.5. The summed E-state index contributed by atoms with van der Waals surface area (Å²) >= 11 is 0. The van der Waals surface area contributed by atoms with Gasteiger partial charge < -0.3 is 14.5 Å². The zero-order chi connectivity index (χ0) is 15.9. The van der Waals surface area contributed by atoms with Crippen LogP contribution in [0.25, 0.3) is 11.0 Å². The van der Waals surface area contributed by atoms with Crippen LogP contribution in [0.3, 0.4) is 0 Å². The molecule has 1 aromatic carbocycles. The summed E-state index contributed by atoms with van der Waals surface area (Å²) in [5.74, 6) is -0.216. The second kappa shape index (κ2) is 5.49. The largest absolute Gasteiger partial charge is 0.451 e. The fraction of sp³-hybridized carbons (Fsp3) is 0.444. The molecule has 1 amide bonds. The van der Waals surface area contributed by atoms with E-state index >= 15 is 0 Å². The Morgan fingerprint density at radius 3 is 2.70 bits per heavy atom. The van der Waals surface area contributed by atoms with E-state index in [1.165, 1.54) is 6.07 Å². The summed E-state index contributed by atoms with van der Waals surface area (Å²) in [6.45, 7) is 1.52. The zero-order valence-electron chi connectivity index (χ0n) is 12.8. The number of rotatable bonds is 2. The van der Waals surface area contributed by atoms with Crippen molar-refractivity contribution in [1.82, 2.24) is 5.32 Å². The minimum absolute atomic E-state index is 0.0859. The molecule has 1 N–H and O–H groups in total. The minimum atomic E-state index is -0.302. The van der Waals surface area contributed by atoms with E-state index in [0.717, 1.165) is 38.9 Å². The molecule has 0 radical (unpaired) electrons. The van der Waals surface area contributed by atoms with Crippen LogP contribution in [0.5, 0.6) is 0 Å². The van der Waals surface area contributed by atoms with Gasteiger partial charge in [-0.3, -0.25) is 9.59 Å². The fourth-order valence-electron chi connectivity index (χ4n) is 3.74. The normalized spacial score (nSPS) is 22.7. The maximum Gasteiger partial charge on any atom is 0.287 e. The van der Waals surface area contributed by atoms with Gasteiger partial charge in [0.2, 0.25) is 0 Å². The van der Waals surface area contributed by atoms with Crippen LogP contribution >= 0.6 is 0 Å². The lowest BCUT2D eigenvalue weighted by Crippen LogP contribution is -2.57. The van der Waals surface area contributed by atoms with Crippen molar-refractivity contribution in [1.29, 1.82) is 0 Å². The lowest BCUT2D eigenvalue weighted by Gasteiger charge is -2.51. The van der Waals surface area contributed by atoms with Crippen molar-refractivity contribution in [2.24, 2.45) is 5.41 Å². The van der Waals surface area contributed by atoms with E-state index < -0.39 is 0 Å². The number of para-hydroxylation sites is 1. The van der Waals surface area contributed by atoms with Crippen LogP contribution in [0.15, 0.2) is 39.5 Å². The quantitative estimate of drug-likeness (QED) is 0.925. The number of hydrogen-bond donors (Lipinski definition) is 1. The first-order valence-electron chi connectivity index (χ1n) is 8.09. The predicted octanol–water partition coefficient (Wildman–Crippen LogP) is 2.48. The number of hydrogen-bond acceptors (Lipinski definition) is 4. The Kier molecular flexibility index (Phi) is 3.45. The highest BCUT2D eigenvalue weighted by Crippen LogP contribution is 2.48. The molecule has 2 aromatic rings. The molecule has 1 atom stereocenters. The highest BCUT2D eigenvalue weighted by atomic mass is 16.5. The van der Waals surface area contributed by atoms with Gasteiger partial charge in [-0.2, -0.15) is 0 Å². The highest BCUT2D eigenvalue weighted by molar-refractivity contribution is 5.93. The molecule has 1 unspecified atom stereocenters. The molecular weight excluding hydrogens is 294 g/mol. The van der Waals surface area contributed by atoms with E-state index in [4.69, 9.17) is 9.15 Å². The number of carbonyl (C=O) groups excluding carboxylic acids is 1. The van der Waals surface area contributed by atoms with Gasteiger partial charge in [0, 0.05) is 25.3 Å². The van der Waals surface area contributed by atoms with E-state index in [1.54, 1.807) is 24.3 Å². The molecule has 2 fully saturated rings. The van der Waals surface area contributed by atoms with Gasteiger partial charge in [-0.05, 0) is 43.2 Å². The van der Waals surface area contributed by atoms with Crippen LogP contribution in [-0.4, -0.2) is 25.2 Å². The second-order valence-corrected chi connectivity index (χ2v) is 6.51. The van der Waals surface area contributed by atoms with Gasteiger partial charge in [-0.25, -0.2) is 0 Å². The monoisotopic (exact) mass is 313 g/mol. The van der Waals surface area contributed by atoms with E-state index in [0.29, 0.717) is 11.0 Å². The molecule has 23 heavy (non-hydrogen) atoms. The van der Waals surface area contributed by atoms with Crippen molar-refractivity contribution < 1.29 is 13.9 Å². The van der Waals surface area contributed by atoms with Crippen molar-refractivity contribution >= 4 is 16.9 Å².